The lowest BCUT2D eigenvalue weighted by Gasteiger charge is -2.16. The topological polar surface area (TPSA) is 90.5 Å². The summed E-state index contributed by atoms with van der Waals surface area (Å²) in [6.45, 7) is 1.85. The van der Waals surface area contributed by atoms with Crippen molar-refractivity contribution in [2.75, 3.05) is 20.2 Å². The van der Waals surface area contributed by atoms with Crippen molar-refractivity contribution < 1.29 is 14.6 Å². The third-order valence-electron chi connectivity index (χ3n) is 3.99. The second-order valence-electron chi connectivity index (χ2n) is 5.66. The first kappa shape index (κ1) is 15.5. The standard InChI is InChI=1S/C16H20N4O3/c1-23-12-4-2-11(3-5-12)8-20-9-14(15(21)10-20)18-16(22)13-6-7-17-19-13/h2-7,14-15,21H,8-10H2,1H3,(H,17,19)(H,18,22)/t14-,15-/m1/s1. The maximum atomic E-state index is 12.0. The first-order valence-corrected chi connectivity index (χ1v) is 7.49. The van der Waals surface area contributed by atoms with Crippen LogP contribution < -0.4 is 10.1 Å². The van der Waals surface area contributed by atoms with Crippen LogP contribution in [0.25, 0.3) is 0 Å². The van der Waals surface area contributed by atoms with Crippen LogP contribution in [0.4, 0.5) is 0 Å². The molecule has 1 amide bonds. The van der Waals surface area contributed by atoms with E-state index in [4.69, 9.17) is 4.74 Å². The number of hydrogen-bond acceptors (Lipinski definition) is 5. The van der Waals surface area contributed by atoms with Gasteiger partial charge in [0, 0.05) is 25.8 Å². The average Bonchev–Trinajstić information content (AvgIpc) is 3.19. The summed E-state index contributed by atoms with van der Waals surface area (Å²) in [5.74, 6) is 0.567. The maximum absolute atomic E-state index is 12.0. The van der Waals surface area contributed by atoms with Crippen LogP contribution in [0.15, 0.2) is 36.5 Å². The fourth-order valence-corrected chi connectivity index (χ4v) is 2.75. The monoisotopic (exact) mass is 316 g/mol. The second kappa shape index (κ2) is 6.80. The predicted octanol–water partition coefficient (Wildman–Crippen LogP) is 0.393. The van der Waals surface area contributed by atoms with E-state index in [0.717, 1.165) is 17.9 Å². The number of β-amino-alcohol motifs (C(OH)–C–C–N with tert-alkyl or cyclic N) is 1. The molecule has 1 aromatic heterocycles. The third-order valence-corrected chi connectivity index (χ3v) is 3.99. The number of likely N-dealkylation sites (tertiary alicyclic amines) is 1. The number of nitrogens with zero attached hydrogens (tertiary/aromatic N) is 2. The lowest BCUT2D eigenvalue weighted by molar-refractivity contribution is 0.0883. The van der Waals surface area contributed by atoms with Crippen LogP contribution >= 0.6 is 0 Å². The molecule has 0 unspecified atom stereocenters. The summed E-state index contributed by atoms with van der Waals surface area (Å²) in [4.78, 5) is 14.1. The zero-order chi connectivity index (χ0) is 16.2. The Hall–Kier alpha value is -2.38. The number of rotatable bonds is 5. The van der Waals surface area contributed by atoms with Crippen LogP contribution in [0.1, 0.15) is 16.1 Å². The molecular formula is C16H20N4O3. The van der Waals surface area contributed by atoms with Gasteiger partial charge < -0.3 is 15.2 Å². The Balaban J connectivity index is 1.56. The first-order chi connectivity index (χ1) is 11.2. The number of aliphatic hydroxyl groups is 1. The summed E-state index contributed by atoms with van der Waals surface area (Å²) >= 11 is 0. The average molecular weight is 316 g/mol. The number of H-pyrrole nitrogens is 1. The molecule has 2 aromatic rings. The van der Waals surface area contributed by atoms with E-state index in [2.05, 4.69) is 20.4 Å². The van der Waals surface area contributed by atoms with E-state index >= 15 is 0 Å². The highest BCUT2D eigenvalue weighted by molar-refractivity contribution is 5.92. The Kier molecular flexibility index (Phi) is 4.59. The molecular weight excluding hydrogens is 296 g/mol. The molecule has 0 aliphatic carbocycles. The van der Waals surface area contributed by atoms with Gasteiger partial charge in [-0.05, 0) is 23.8 Å². The Labute approximate surface area is 134 Å². The van der Waals surface area contributed by atoms with Gasteiger partial charge in [-0.25, -0.2) is 0 Å². The van der Waals surface area contributed by atoms with Gasteiger partial charge in [0.15, 0.2) is 0 Å². The number of benzene rings is 1. The minimum absolute atomic E-state index is 0.252. The first-order valence-electron chi connectivity index (χ1n) is 7.49. The molecule has 2 atom stereocenters. The molecule has 7 nitrogen and oxygen atoms in total. The maximum Gasteiger partial charge on any atom is 0.269 e. The van der Waals surface area contributed by atoms with Crippen LogP contribution in [0.3, 0.4) is 0 Å². The predicted molar refractivity (Wildman–Crippen MR) is 84.1 cm³/mol. The molecule has 1 aromatic carbocycles. The molecule has 2 heterocycles. The highest BCUT2D eigenvalue weighted by Crippen LogP contribution is 2.17. The van der Waals surface area contributed by atoms with E-state index in [1.54, 1.807) is 13.2 Å². The van der Waals surface area contributed by atoms with Gasteiger partial charge in [0.2, 0.25) is 0 Å². The summed E-state index contributed by atoms with van der Waals surface area (Å²) in [6, 6.07) is 9.15. The van der Waals surface area contributed by atoms with E-state index < -0.39 is 6.10 Å². The summed E-state index contributed by atoms with van der Waals surface area (Å²) in [7, 11) is 1.64. The van der Waals surface area contributed by atoms with E-state index in [1.807, 2.05) is 24.3 Å². The number of ether oxygens (including phenoxy) is 1. The molecule has 1 fully saturated rings. The third kappa shape index (κ3) is 3.69. The number of amides is 1. The molecule has 23 heavy (non-hydrogen) atoms. The quantitative estimate of drug-likeness (QED) is 0.742. The SMILES string of the molecule is COc1ccc(CN2C[C@@H](O)[C@H](NC(=O)c3ccn[nH]3)C2)cc1. The number of carbonyl (C=O) groups excluding carboxylic acids is 1. The highest BCUT2D eigenvalue weighted by Gasteiger charge is 2.32. The summed E-state index contributed by atoms with van der Waals surface area (Å²) < 4.78 is 5.14. The Morgan fingerprint density at radius 3 is 2.83 bits per heavy atom. The minimum Gasteiger partial charge on any atom is -0.497 e. The molecule has 7 heteroatoms. The molecule has 122 valence electrons. The number of carbonyl (C=O) groups is 1. The van der Waals surface area contributed by atoms with E-state index in [-0.39, 0.29) is 11.9 Å². The van der Waals surface area contributed by atoms with Gasteiger partial charge in [0.05, 0.1) is 19.3 Å². The van der Waals surface area contributed by atoms with Crippen LogP contribution in [0.2, 0.25) is 0 Å². The molecule has 3 rings (SSSR count). The second-order valence-corrected chi connectivity index (χ2v) is 5.66. The lowest BCUT2D eigenvalue weighted by Crippen LogP contribution is -2.42. The van der Waals surface area contributed by atoms with Crippen LogP contribution in [0.5, 0.6) is 5.75 Å². The summed E-state index contributed by atoms with van der Waals surface area (Å²) in [5, 5.41) is 19.4. The van der Waals surface area contributed by atoms with Crippen molar-refractivity contribution in [2.24, 2.45) is 0 Å². The van der Waals surface area contributed by atoms with Crippen molar-refractivity contribution in [3.63, 3.8) is 0 Å². The van der Waals surface area contributed by atoms with Crippen molar-refractivity contribution in [1.29, 1.82) is 0 Å². The summed E-state index contributed by atoms with van der Waals surface area (Å²) in [5.41, 5.74) is 1.53. The number of hydrogen-bond donors (Lipinski definition) is 3. The number of aromatic nitrogens is 2. The van der Waals surface area contributed by atoms with Crippen LogP contribution in [-0.2, 0) is 6.54 Å². The molecule has 1 saturated heterocycles. The highest BCUT2D eigenvalue weighted by atomic mass is 16.5. The van der Waals surface area contributed by atoms with Crippen molar-refractivity contribution in [3.8, 4) is 5.75 Å². The zero-order valence-corrected chi connectivity index (χ0v) is 12.9. The number of aliphatic hydroxyl groups excluding tert-OH is 1. The van der Waals surface area contributed by atoms with Gasteiger partial charge in [-0.2, -0.15) is 5.10 Å². The Morgan fingerprint density at radius 2 is 2.17 bits per heavy atom. The molecule has 3 N–H and O–H groups in total. The van der Waals surface area contributed by atoms with E-state index in [9.17, 15) is 9.90 Å². The lowest BCUT2D eigenvalue weighted by atomic mass is 10.2. The van der Waals surface area contributed by atoms with Gasteiger partial charge in [0.25, 0.3) is 5.91 Å². The Bertz CT molecular complexity index is 642. The van der Waals surface area contributed by atoms with Crippen molar-refractivity contribution in [1.82, 2.24) is 20.4 Å². The number of methoxy groups -OCH3 is 1. The molecule has 0 spiro atoms. The van der Waals surface area contributed by atoms with E-state index in [0.29, 0.717) is 18.8 Å². The van der Waals surface area contributed by atoms with Crippen molar-refractivity contribution in [3.05, 3.63) is 47.8 Å². The Morgan fingerprint density at radius 1 is 1.39 bits per heavy atom. The van der Waals surface area contributed by atoms with Gasteiger partial charge in [0.1, 0.15) is 11.4 Å². The summed E-state index contributed by atoms with van der Waals surface area (Å²) in [6.07, 6.45) is 0.941. The van der Waals surface area contributed by atoms with Crippen molar-refractivity contribution >= 4 is 5.91 Å². The van der Waals surface area contributed by atoms with Gasteiger partial charge >= 0.3 is 0 Å². The van der Waals surface area contributed by atoms with Crippen LogP contribution in [0, 0.1) is 0 Å². The number of aromatic amines is 1. The van der Waals surface area contributed by atoms with E-state index in [1.165, 1.54) is 6.20 Å². The van der Waals surface area contributed by atoms with Gasteiger partial charge in [-0.15, -0.1) is 0 Å². The molecule has 0 radical (unpaired) electrons. The van der Waals surface area contributed by atoms with Gasteiger partial charge in [-0.1, -0.05) is 12.1 Å². The number of nitrogens with one attached hydrogen (secondary N) is 2. The largest absolute Gasteiger partial charge is 0.497 e. The molecule has 0 saturated carbocycles. The molecule has 1 aliphatic rings. The molecule has 0 bridgehead atoms. The fraction of sp³-hybridized carbons (Fsp3) is 0.375. The van der Waals surface area contributed by atoms with Gasteiger partial charge in [-0.3, -0.25) is 14.8 Å². The zero-order valence-electron chi connectivity index (χ0n) is 12.9. The molecule has 1 aliphatic heterocycles. The minimum atomic E-state index is -0.583. The smallest absolute Gasteiger partial charge is 0.269 e. The van der Waals surface area contributed by atoms with Crippen LogP contribution in [-0.4, -0.2) is 58.5 Å². The van der Waals surface area contributed by atoms with Crippen molar-refractivity contribution in [2.45, 2.75) is 18.7 Å². The normalized spacial score (nSPS) is 21.3. The fourth-order valence-electron chi connectivity index (χ4n) is 2.75.